The van der Waals surface area contributed by atoms with Gasteiger partial charge in [0.2, 0.25) is 5.91 Å². The van der Waals surface area contributed by atoms with Gasteiger partial charge in [0.05, 0.1) is 5.92 Å². The van der Waals surface area contributed by atoms with Crippen molar-refractivity contribution in [3.05, 3.63) is 35.4 Å². The molecule has 1 aromatic carbocycles. The van der Waals surface area contributed by atoms with Crippen molar-refractivity contribution in [3.63, 3.8) is 0 Å². The fraction of sp³-hybridized carbons (Fsp3) is 0.611. The van der Waals surface area contributed by atoms with Crippen molar-refractivity contribution in [1.29, 1.82) is 0 Å². The quantitative estimate of drug-likeness (QED) is 0.862. The topological polar surface area (TPSA) is 32.3 Å². The monoisotopic (exact) mass is 320 g/mol. The average Bonchev–Trinajstić information content (AvgIpc) is 3.09. The molecule has 0 bridgehead atoms. The zero-order valence-corrected chi connectivity index (χ0v) is 13.8. The molecule has 2 saturated heterocycles. The summed E-state index contributed by atoms with van der Waals surface area (Å²) in [7, 11) is 0. The number of rotatable bonds is 1. The minimum Gasteiger partial charge on any atom is -0.342 e. The third-order valence-corrected chi connectivity index (χ3v) is 5.76. The number of carbonyl (C=O) groups excluding carboxylic acids is 1. The molecule has 120 valence electrons. The number of hydrogen-bond donors (Lipinski definition) is 1. The van der Waals surface area contributed by atoms with Crippen LogP contribution in [0.1, 0.15) is 36.3 Å². The van der Waals surface area contributed by atoms with Gasteiger partial charge >= 0.3 is 0 Å². The van der Waals surface area contributed by atoms with E-state index in [4.69, 9.17) is 0 Å². The first-order chi connectivity index (χ1) is 10.3. The molecule has 2 heterocycles. The highest BCUT2D eigenvalue weighted by atomic mass is 35.5. The molecule has 4 heteroatoms. The van der Waals surface area contributed by atoms with Crippen LogP contribution in [-0.2, 0) is 11.2 Å². The van der Waals surface area contributed by atoms with Crippen LogP contribution in [0.15, 0.2) is 24.3 Å². The van der Waals surface area contributed by atoms with Crippen molar-refractivity contribution in [2.24, 2.45) is 11.8 Å². The highest BCUT2D eigenvalue weighted by Gasteiger charge is 2.35. The van der Waals surface area contributed by atoms with Gasteiger partial charge in [-0.1, -0.05) is 24.3 Å². The predicted octanol–water partition coefficient (Wildman–Crippen LogP) is 2.60. The summed E-state index contributed by atoms with van der Waals surface area (Å²) in [6.45, 7) is 4.22. The summed E-state index contributed by atoms with van der Waals surface area (Å²) in [6, 6.07) is 8.50. The molecule has 1 aliphatic carbocycles. The maximum absolute atomic E-state index is 12.9. The second kappa shape index (κ2) is 6.59. The van der Waals surface area contributed by atoms with Crippen LogP contribution in [0.25, 0.3) is 0 Å². The van der Waals surface area contributed by atoms with Crippen molar-refractivity contribution in [2.75, 3.05) is 26.2 Å². The largest absolute Gasteiger partial charge is 0.342 e. The SMILES string of the molecule is Cl.O=C(C1CCc2ccccc21)N1CC[C@@H]2CNC[C@@H]2CC1. The van der Waals surface area contributed by atoms with Crippen LogP contribution in [0.4, 0.5) is 0 Å². The van der Waals surface area contributed by atoms with Crippen molar-refractivity contribution in [1.82, 2.24) is 10.2 Å². The van der Waals surface area contributed by atoms with Gasteiger partial charge in [-0.25, -0.2) is 0 Å². The number of carbonyl (C=O) groups is 1. The van der Waals surface area contributed by atoms with Crippen LogP contribution >= 0.6 is 12.4 Å². The van der Waals surface area contributed by atoms with E-state index in [2.05, 4.69) is 34.5 Å². The van der Waals surface area contributed by atoms with Gasteiger partial charge in [-0.05, 0) is 61.7 Å². The van der Waals surface area contributed by atoms with Gasteiger partial charge in [0.15, 0.2) is 0 Å². The second-order valence-corrected chi connectivity index (χ2v) is 6.87. The molecule has 0 saturated carbocycles. The number of benzene rings is 1. The van der Waals surface area contributed by atoms with Gasteiger partial charge < -0.3 is 10.2 Å². The minimum absolute atomic E-state index is 0. The molecule has 4 rings (SSSR count). The molecule has 22 heavy (non-hydrogen) atoms. The summed E-state index contributed by atoms with van der Waals surface area (Å²) in [6.07, 6.45) is 4.42. The first kappa shape index (κ1) is 15.8. The number of halogens is 1. The Bertz CT molecular complexity index is 534. The molecular formula is C18H25ClN2O. The summed E-state index contributed by atoms with van der Waals surface area (Å²) >= 11 is 0. The highest BCUT2D eigenvalue weighted by Crippen LogP contribution is 2.35. The van der Waals surface area contributed by atoms with Crippen molar-refractivity contribution < 1.29 is 4.79 Å². The maximum atomic E-state index is 12.9. The average molecular weight is 321 g/mol. The molecule has 0 radical (unpaired) electrons. The lowest BCUT2D eigenvalue weighted by atomic mass is 9.92. The maximum Gasteiger partial charge on any atom is 0.230 e. The lowest BCUT2D eigenvalue weighted by Gasteiger charge is -2.25. The molecule has 2 aliphatic heterocycles. The van der Waals surface area contributed by atoms with Gasteiger partial charge in [-0.3, -0.25) is 4.79 Å². The van der Waals surface area contributed by atoms with Crippen LogP contribution in [0.3, 0.4) is 0 Å². The number of amides is 1. The Labute approximate surface area is 138 Å². The van der Waals surface area contributed by atoms with Gasteiger partial charge in [-0.2, -0.15) is 0 Å². The van der Waals surface area contributed by atoms with Crippen molar-refractivity contribution in [3.8, 4) is 0 Å². The lowest BCUT2D eigenvalue weighted by molar-refractivity contribution is -0.132. The predicted molar refractivity (Wildman–Crippen MR) is 90.4 cm³/mol. The van der Waals surface area contributed by atoms with Crippen LogP contribution in [-0.4, -0.2) is 37.0 Å². The molecule has 0 aromatic heterocycles. The molecule has 1 amide bonds. The van der Waals surface area contributed by atoms with Crippen molar-refractivity contribution in [2.45, 2.75) is 31.6 Å². The van der Waals surface area contributed by atoms with Crippen LogP contribution in [0, 0.1) is 11.8 Å². The third-order valence-electron chi connectivity index (χ3n) is 5.76. The van der Waals surface area contributed by atoms with E-state index in [1.165, 1.54) is 24.0 Å². The Hall–Kier alpha value is -1.06. The molecule has 0 spiro atoms. The lowest BCUT2D eigenvalue weighted by Crippen LogP contribution is -2.36. The van der Waals surface area contributed by atoms with E-state index in [0.717, 1.165) is 50.9 Å². The first-order valence-corrected chi connectivity index (χ1v) is 8.40. The van der Waals surface area contributed by atoms with E-state index in [9.17, 15) is 4.79 Å². The summed E-state index contributed by atoms with van der Waals surface area (Å²) in [4.78, 5) is 15.1. The summed E-state index contributed by atoms with van der Waals surface area (Å²) in [5, 5.41) is 3.50. The highest BCUT2D eigenvalue weighted by molar-refractivity contribution is 5.85. The zero-order chi connectivity index (χ0) is 14.2. The molecule has 1 N–H and O–H groups in total. The fourth-order valence-corrected chi connectivity index (χ4v) is 4.47. The molecule has 3 nitrogen and oxygen atoms in total. The Balaban J connectivity index is 0.00000144. The van der Waals surface area contributed by atoms with E-state index in [0.29, 0.717) is 5.91 Å². The summed E-state index contributed by atoms with van der Waals surface area (Å²) in [5.41, 5.74) is 2.67. The Morgan fingerprint density at radius 1 is 1.05 bits per heavy atom. The van der Waals surface area contributed by atoms with E-state index in [1.807, 2.05) is 0 Å². The standard InChI is InChI=1S/C18H24N2O.ClH/c21-18(17-6-5-13-3-1-2-4-16(13)17)20-9-7-14-11-19-12-15(14)8-10-20;/h1-4,14-15,17,19H,5-12H2;1H/t14-,15+,17?;. The molecular weight excluding hydrogens is 296 g/mol. The first-order valence-electron chi connectivity index (χ1n) is 8.40. The Kier molecular flexibility index (Phi) is 4.74. The fourth-order valence-electron chi connectivity index (χ4n) is 4.47. The normalized spacial score (nSPS) is 30.2. The smallest absolute Gasteiger partial charge is 0.230 e. The Morgan fingerprint density at radius 2 is 1.73 bits per heavy atom. The molecule has 3 aliphatic rings. The summed E-state index contributed by atoms with van der Waals surface area (Å²) in [5.74, 6) is 2.09. The van der Waals surface area contributed by atoms with Crippen LogP contribution < -0.4 is 5.32 Å². The van der Waals surface area contributed by atoms with E-state index < -0.39 is 0 Å². The number of nitrogens with zero attached hydrogens (tertiary/aromatic N) is 1. The van der Waals surface area contributed by atoms with Gasteiger partial charge in [0.1, 0.15) is 0 Å². The molecule has 1 unspecified atom stereocenters. The number of aryl methyl sites for hydroxylation is 1. The molecule has 1 aromatic rings. The zero-order valence-electron chi connectivity index (χ0n) is 13.0. The van der Waals surface area contributed by atoms with Crippen LogP contribution in [0.2, 0.25) is 0 Å². The van der Waals surface area contributed by atoms with Gasteiger partial charge in [0.25, 0.3) is 0 Å². The number of likely N-dealkylation sites (tertiary alicyclic amines) is 1. The molecule has 3 atom stereocenters. The van der Waals surface area contributed by atoms with Gasteiger partial charge in [-0.15, -0.1) is 12.4 Å². The van der Waals surface area contributed by atoms with Gasteiger partial charge in [0, 0.05) is 13.1 Å². The van der Waals surface area contributed by atoms with E-state index in [1.54, 1.807) is 0 Å². The number of fused-ring (bicyclic) bond motifs is 2. The minimum atomic E-state index is 0. The van der Waals surface area contributed by atoms with Crippen molar-refractivity contribution >= 4 is 18.3 Å². The van der Waals surface area contributed by atoms with E-state index in [-0.39, 0.29) is 18.3 Å². The third kappa shape index (κ3) is 2.77. The van der Waals surface area contributed by atoms with E-state index >= 15 is 0 Å². The second-order valence-electron chi connectivity index (χ2n) is 6.87. The Morgan fingerprint density at radius 3 is 2.45 bits per heavy atom. The molecule has 2 fully saturated rings. The number of nitrogens with one attached hydrogen (secondary N) is 1. The van der Waals surface area contributed by atoms with Crippen LogP contribution in [0.5, 0.6) is 0 Å². The summed E-state index contributed by atoms with van der Waals surface area (Å²) < 4.78 is 0. The number of hydrogen-bond acceptors (Lipinski definition) is 2.